The van der Waals surface area contributed by atoms with Crippen LogP contribution in [0.1, 0.15) is 66.1 Å². The number of piperidine rings is 2. The molecule has 2 bridgehead atoms. The summed E-state index contributed by atoms with van der Waals surface area (Å²) in [6.45, 7) is 0.962. The van der Waals surface area contributed by atoms with Crippen LogP contribution in [0.5, 0.6) is 0 Å². The van der Waals surface area contributed by atoms with Crippen molar-refractivity contribution in [1.82, 2.24) is 10.2 Å². The van der Waals surface area contributed by atoms with E-state index in [1.807, 2.05) is 30.3 Å². The number of hydrogen-bond donors (Lipinski definition) is 5. The zero-order valence-electron chi connectivity index (χ0n) is 23.1. The Bertz CT molecular complexity index is 1330. The number of halogens is 4. The third kappa shape index (κ3) is 7.84. The molecule has 0 aromatic heterocycles. The van der Waals surface area contributed by atoms with Gasteiger partial charge in [0.05, 0.1) is 35.0 Å². The van der Waals surface area contributed by atoms with Gasteiger partial charge in [-0.05, 0) is 56.3 Å². The molecule has 234 valence electrons. The zero-order valence-corrected chi connectivity index (χ0v) is 23.9. The first-order chi connectivity index (χ1) is 20.0. The van der Waals surface area contributed by atoms with Gasteiger partial charge in [0.15, 0.2) is 5.60 Å². The Morgan fingerprint density at radius 2 is 1.53 bits per heavy atom. The Hall–Kier alpha value is -3.68. The van der Waals surface area contributed by atoms with Crippen molar-refractivity contribution in [2.24, 2.45) is 5.92 Å². The van der Waals surface area contributed by atoms with Crippen molar-refractivity contribution < 1.29 is 52.8 Å². The van der Waals surface area contributed by atoms with Gasteiger partial charge < -0.3 is 25.7 Å². The number of likely N-dealkylation sites (N-methyl/N-ethyl adjacent to an activating group) is 1. The van der Waals surface area contributed by atoms with Crippen LogP contribution in [0.3, 0.4) is 0 Å². The Balaban J connectivity index is 0.000000331. The van der Waals surface area contributed by atoms with Gasteiger partial charge in [-0.1, -0.05) is 48.0 Å². The topological polar surface area (TPSA) is 164 Å². The molecule has 1 aliphatic carbocycles. The monoisotopic (exact) mass is 628 g/mol. The third-order valence-corrected chi connectivity index (χ3v) is 8.45. The van der Waals surface area contributed by atoms with Crippen molar-refractivity contribution in [3.63, 3.8) is 0 Å². The summed E-state index contributed by atoms with van der Waals surface area (Å²) >= 11 is 6.02. The average molecular weight is 629 g/mol. The van der Waals surface area contributed by atoms with E-state index in [0.717, 1.165) is 43.9 Å². The first kappa shape index (κ1) is 33.8. The number of nitrogens with one attached hydrogen (secondary N) is 1. The van der Waals surface area contributed by atoms with Gasteiger partial charge in [-0.25, -0.2) is 4.79 Å². The molecule has 0 unspecified atom stereocenters. The minimum Gasteiger partial charge on any atom is -0.481 e. The minimum absolute atomic E-state index is 0.157. The lowest BCUT2D eigenvalue weighted by molar-refractivity contribution is -0.170. The molecule has 1 atom stereocenters. The molecule has 0 spiro atoms. The number of amides is 1. The van der Waals surface area contributed by atoms with E-state index in [-0.39, 0.29) is 17.1 Å². The van der Waals surface area contributed by atoms with Gasteiger partial charge in [-0.2, -0.15) is 13.2 Å². The van der Waals surface area contributed by atoms with Crippen LogP contribution < -0.4 is 5.32 Å². The summed E-state index contributed by atoms with van der Waals surface area (Å²) in [6, 6.07) is 12.8. The minimum atomic E-state index is -4.62. The molecular formula is C29H32ClF3N2O8. The van der Waals surface area contributed by atoms with E-state index >= 15 is 0 Å². The van der Waals surface area contributed by atoms with E-state index in [9.17, 15) is 32.3 Å². The Kier molecular flexibility index (Phi) is 10.5. The fourth-order valence-electron chi connectivity index (χ4n) is 5.84. The molecular weight excluding hydrogens is 597 g/mol. The first-order valence-electron chi connectivity index (χ1n) is 13.3. The summed E-state index contributed by atoms with van der Waals surface area (Å²) in [5.41, 5.74) is -3.21. The van der Waals surface area contributed by atoms with Gasteiger partial charge in [0.25, 0.3) is 5.91 Å². The predicted molar refractivity (Wildman–Crippen MR) is 148 cm³/mol. The zero-order chi connectivity index (χ0) is 32.2. The van der Waals surface area contributed by atoms with E-state index in [2.05, 4.69) is 17.3 Å². The predicted octanol–water partition coefficient (Wildman–Crippen LogP) is 4.46. The van der Waals surface area contributed by atoms with E-state index in [1.165, 1.54) is 12.1 Å². The van der Waals surface area contributed by atoms with Gasteiger partial charge >= 0.3 is 24.1 Å². The van der Waals surface area contributed by atoms with Gasteiger partial charge in [-0.15, -0.1) is 0 Å². The number of carbonyl (C=O) groups excluding carboxylic acids is 1. The van der Waals surface area contributed by atoms with Crippen LogP contribution in [0.25, 0.3) is 0 Å². The highest BCUT2D eigenvalue weighted by molar-refractivity contribution is 6.34. The lowest BCUT2D eigenvalue weighted by Crippen LogP contribution is -2.62. The van der Waals surface area contributed by atoms with Gasteiger partial charge in [0.1, 0.15) is 0 Å². The third-order valence-electron chi connectivity index (χ3n) is 8.04. The number of hydrogen-bond acceptors (Lipinski definition) is 6. The van der Waals surface area contributed by atoms with E-state index in [0.29, 0.717) is 5.92 Å². The summed E-state index contributed by atoms with van der Waals surface area (Å²) in [5.74, 6) is -4.94. The largest absolute Gasteiger partial charge is 0.481 e. The molecule has 43 heavy (non-hydrogen) atoms. The van der Waals surface area contributed by atoms with Crippen molar-refractivity contribution in [2.75, 3.05) is 13.6 Å². The maximum atomic E-state index is 13.3. The lowest BCUT2D eigenvalue weighted by Gasteiger charge is -2.57. The number of aliphatic hydroxyl groups is 1. The van der Waals surface area contributed by atoms with Gasteiger partial charge in [0, 0.05) is 12.1 Å². The molecule has 10 nitrogen and oxygen atoms in total. The number of aliphatic carboxylic acids is 3. The van der Waals surface area contributed by atoms with Crippen molar-refractivity contribution in [1.29, 1.82) is 0 Å². The maximum Gasteiger partial charge on any atom is 0.417 e. The summed E-state index contributed by atoms with van der Waals surface area (Å²) < 4.78 is 39.8. The maximum absolute atomic E-state index is 13.3. The number of alkyl halides is 3. The summed E-state index contributed by atoms with van der Waals surface area (Å²) in [7, 11) is 2.07. The summed E-state index contributed by atoms with van der Waals surface area (Å²) in [5, 5.41) is 36.3. The second-order valence-corrected chi connectivity index (χ2v) is 11.3. The number of carboxylic acids is 3. The van der Waals surface area contributed by atoms with E-state index in [4.69, 9.17) is 32.0 Å². The normalized spacial score (nSPS) is 20.8. The molecule has 2 heterocycles. The molecule has 2 saturated heterocycles. The second-order valence-electron chi connectivity index (χ2n) is 10.9. The van der Waals surface area contributed by atoms with Crippen LogP contribution in [-0.4, -0.2) is 73.9 Å². The second kappa shape index (κ2) is 13.3. The molecule has 1 amide bonds. The molecule has 3 aliphatic rings. The number of carbonyl (C=O) groups is 4. The molecule has 5 rings (SSSR count). The van der Waals surface area contributed by atoms with Crippen molar-refractivity contribution >= 4 is 35.4 Å². The Morgan fingerprint density at radius 3 is 2.00 bits per heavy atom. The van der Waals surface area contributed by atoms with Crippen LogP contribution in [-0.2, 0) is 20.6 Å². The van der Waals surface area contributed by atoms with Crippen molar-refractivity contribution in [2.45, 2.75) is 61.9 Å². The van der Waals surface area contributed by atoms with Crippen LogP contribution in [0, 0.1) is 5.92 Å². The molecule has 14 heteroatoms. The Labute approximate surface area is 250 Å². The highest BCUT2D eigenvalue weighted by Gasteiger charge is 2.50. The number of benzene rings is 2. The Morgan fingerprint density at radius 1 is 0.977 bits per heavy atom. The quantitative estimate of drug-likeness (QED) is 0.270. The van der Waals surface area contributed by atoms with Crippen LogP contribution in [0.2, 0.25) is 5.02 Å². The fourth-order valence-corrected chi connectivity index (χ4v) is 6.16. The smallest absolute Gasteiger partial charge is 0.417 e. The van der Waals surface area contributed by atoms with E-state index < -0.39 is 59.0 Å². The summed E-state index contributed by atoms with van der Waals surface area (Å²) in [6.07, 6.45) is -2.85. The number of carboxylic acid groups (broad SMARTS) is 3. The molecule has 1 saturated carbocycles. The SMILES string of the molecule is CN1CC2CCC1([C@H](NC(=O)c1cccc(C(F)(F)F)c1Cl)c1ccccc1)CC2.O=C(O)CC(O)(CC(=O)O)C(=O)O. The first-order valence-corrected chi connectivity index (χ1v) is 13.7. The van der Waals surface area contributed by atoms with Crippen molar-refractivity contribution in [3.05, 3.63) is 70.2 Å². The number of rotatable bonds is 9. The average Bonchev–Trinajstić information content (AvgIpc) is 2.91. The molecule has 2 aliphatic heterocycles. The fraction of sp³-hybridized carbons (Fsp3) is 0.448. The highest BCUT2D eigenvalue weighted by atomic mass is 35.5. The van der Waals surface area contributed by atoms with Gasteiger partial charge in [0.2, 0.25) is 0 Å². The van der Waals surface area contributed by atoms with Crippen LogP contribution >= 0.6 is 11.6 Å². The van der Waals surface area contributed by atoms with Gasteiger partial charge in [-0.3, -0.25) is 19.3 Å². The molecule has 2 aromatic carbocycles. The summed E-state index contributed by atoms with van der Waals surface area (Å²) in [4.78, 5) is 46.0. The molecule has 2 aromatic rings. The van der Waals surface area contributed by atoms with Crippen LogP contribution in [0.15, 0.2) is 48.5 Å². The standard InChI is InChI=1S/C23H24ClF3N2O.C6H8O7/c1-29-14-15-10-12-22(29,13-11-15)20(16-6-3-2-4-7-16)28-21(30)17-8-5-9-18(19(17)24)23(25,26)27;7-3(8)1-6(13,5(11)12)2-4(9)10/h2-9,15,20H,10-14H2,1H3,(H,28,30);13H,1-2H2,(H,7,8)(H,9,10)(H,11,12)/t15?,20-,22?;/m1./s1. The van der Waals surface area contributed by atoms with Crippen LogP contribution in [0.4, 0.5) is 13.2 Å². The van der Waals surface area contributed by atoms with E-state index in [1.54, 1.807) is 0 Å². The molecule has 3 fully saturated rings. The highest BCUT2D eigenvalue weighted by Crippen LogP contribution is 2.49. The number of fused-ring (bicyclic) bond motifs is 3. The molecule has 0 radical (unpaired) electrons. The molecule has 5 N–H and O–H groups in total. The number of nitrogens with zero attached hydrogens (tertiary/aromatic N) is 1. The van der Waals surface area contributed by atoms with Crippen molar-refractivity contribution in [3.8, 4) is 0 Å². The lowest BCUT2D eigenvalue weighted by atomic mass is 9.66.